The van der Waals surface area contributed by atoms with Crippen molar-refractivity contribution in [2.24, 2.45) is 0 Å². The summed E-state index contributed by atoms with van der Waals surface area (Å²) >= 11 is 1.56. The van der Waals surface area contributed by atoms with E-state index in [-0.39, 0.29) is 12.3 Å². The van der Waals surface area contributed by atoms with E-state index in [9.17, 15) is 23.6 Å². The molecule has 1 unspecified atom stereocenters. The van der Waals surface area contributed by atoms with Crippen LogP contribution in [0.25, 0.3) is 0 Å². The molecule has 1 aliphatic rings. The average Bonchev–Trinajstić information content (AvgIpc) is 2.45. The first-order valence-corrected chi connectivity index (χ1v) is 9.37. The maximum Gasteiger partial charge on any atom is 0.269 e. The summed E-state index contributed by atoms with van der Waals surface area (Å²) in [6.45, 7) is 0.143. The number of hydrogen-bond donors (Lipinski definition) is 1. The average molecular weight is 332 g/mol. The molecule has 21 heavy (non-hydrogen) atoms. The van der Waals surface area contributed by atoms with Crippen molar-refractivity contribution in [2.75, 3.05) is 29.2 Å². The zero-order valence-corrected chi connectivity index (χ0v) is 13.1. The molecule has 0 amide bonds. The highest BCUT2D eigenvalue weighted by Crippen LogP contribution is 2.31. The molecule has 2 rings (SSSR count). The fourth-order valence-corrected chi connectivity index (χ4v) is 5.14. The predicted molar refractivity (Wildman–Crippen MR) is 82.3 cm³/mol. The number of nitro benzene ring substituents is 1. The third kappa shape index (κ3) is 3.47. The van der Waals surface area contributed by atoms with E-state index in [2.05, 4.69) is 0 Å². The van der Waals surface area contributed by atoms with Gasteiger partial charge < -0.3 is 10.0 Å². The lowest BCUT2D eigenvalue weighted by Gasteiger charge is -2.36. The Kier molecular flexibility index (Phi) is 4.74. The summed E-state index contributed by atoms with van der Waals surface area (Å²) in [6, 6.07) is 4.13. The van der Waals surface area contributed by atoms with E-state index < -0.39 is 20.1 Å². The van der Waals surface area contributed by atoms with Crippen LogP contribution in [-0.2, 0) is 16.4 Å². The molecule has 0 spiro atoms. The van der Waals surface area contributed by atoms with E-state index in [1.807, 2.05) is 0 Å². The Bertz CT molecular complexity index is 647. The number of hydrogen-bond acceptors (Lipinski definition) is 7. The zero-order chi connectivity index (χ0) is 15.6. The van der Waals surface area contributed by atoms with Gasteiger partial charge in [0.15, 0.2) is 9.84 Å². The number of nitrogens with zero attached hydrogens (tertiary/aromatic N) is 2. The third-order valence-electron chi connectivity index (χ3n) is 3.33. The Morgan fingerprint density at radius 1 is 1.52 bits per heavy atom. The molecule has 1 atom stereocenters. The zero-order valence-electron chi connectivity index (χ0n) is 11.4. The monoisotopic (exact) mass is 332 g/mol. The number of rotatable bonds is 4. The van der Waals surface area contributed by atoms with Crippen molar-refractivity contribution in [2.45, 2.75) is 12.0 Å². The summed E-state index contributed by atoms with van der Waals surface area (Å²) < 4.78 is 23.8. The summed E-state index contributed by atoms with van der Waals surface area (Å²) in [4.78, 5) is 12.0. The number of thioether (sulfide) groups is 1. The first-order chi connectivity index (χ1) is 9.84. The van der Waals surface area contributed by atoms with Crippen LogP contribution in [0.4, 0.5) is 11.4 Å². The van der Waals surface area contributed by atoms with E-state index in [4.69, 9.17) is 0 Å². The van der Waals surface area contributed by atoms with Gasteiger partial charge in [-0.05, 0) is 6.07 Å². The lowest BCUT2D eigenvalue weighted by atomic mass is 10.1. The van der Waals surface area contributed by atoms with Gasteiger partial charge >= 0.3 is 0 Å². The second kappa shape index (κ2) is 6.20. The largest absolute Gasteiger partial charge is 0.392 e. The van der Waals surface area contributed by atoms with Gasteiger partial charge in [-0.2, -0.15) is 11.8 Å². The fourth-order valence-electron chi connectivity index (χ4n) is 2.30. The maximum absolute atomic E-state index is 11.9. The van der Waals surface area contributed by atoms with Gasteiger partial charge in [0.2, 0.25) is 0 Å². The topological polar surface area (TPSA) is 101 Å². The minimum absolute atomic E-state index is 0.120. The van der Waals surface area contributed by atoms with Gasteiger partial charge in [-0.1, -0.05) is 0 Å². The van der Waals surface area contributed by atoms with Crippen LogP contribution in [0.15, 0.2) is 18.2 Å². The molecule has 1 aromatic rings. The molecule has 1 saturated heterocycles. The molecule has 1 N–H and O–H groups in total. The molecule has 1 aromatic carbocycles. The Morgan fingerprint density at radius 2 is 2.24 bits per heavy atom. The van der Waals surface area contributed by atoms with Crippen LogP contribution in [-0.4, -0.2) is 48.1 Å². The Balaban J connectivity index is 2.45. The van der Waals surface area contributed by atoms with Crippen molar-refractivity contribution in [3.8, 4) is 0 Å². The molecule has 1 aliphatic heterocycles. The highest BCUT2D eigenvalue weighted by molar-refractivity contribution is 8.01. The van der Waals surface area contributed by atoms with Gasteiger partial charge in [0, 0.05) is 47.7 Å². The van der Waals surface area contributed by atoms with Crippen molar-refractivity contribution < 1.29 is 18.4 Å². The smallest absolute Gasteiger partial charge is 0.269 e. The van der Waals surface area contributed by atoms with Gasteiger partial charge in [0.1, 0.15) is 5.37 Å². The Labute approximate surface area is 127 Å². The molecule has 0 aliphatic carbocycles. The Hall–Kier alpha value is -1.32. The minimum atomic E-state index is -3.29. The van der Waals surface area contributed by atoms with Crippen LogP contribution in [0, 0.1) is 10.1 Å². The van der Waals surface area contributed by atoms with Gasteiger partial charge in [0.05, 0.1) is 11.5 Å². The van der Waals surface area contributed by atoms with Gasteiger partial charge in [-0.3, -0.25) is 10.1 Å². The van der Waals surface area contributed by atoms with Gasteiger partial charge in [-0.15, -0.1) is 0 Å². The first kappa shape index (κ1) is 16.1. The molecule has 0 aromatic heterocycles. The van der Waals surface area contributed by atoms with Crippen molar-refractivity contribution in [1.82, 2.24) is 0 Å². The van der Waals surface area contributed by atoms with Crippen LogP contribution < -0.4 is 4.90 Å². The van der Waals surface area contributed by atoms with Crippen LogP contribution in [0.2, 0.25) is 0 Å². The van der Waals surface area contributed by atoms with E-state index in [1.165, 1.54) is 24.5 Å². The second-order valence-electron chi connectivity index (χ2n) is 4.78. The Morgan fingerprint density at radius 3 is 2.81 bits per heavy atom. The van der Waals surface area contributed by atoms with Crippen molar-refractivity contribution >= 4 is 33.0 Å². The van der Waals surface area contributed by atoms with Crippen LogP contribution in [0.1, 0.15) is 5.56 Å². The molecule has 0 bridgehead atoms. The molecular formula is C12H16N2O5S2. The molecule has 116 valence electrons. The van der Waals surface area contributed by atoms with Crippen molar-refractivity contribution in [3.63, 3.8) is 0 Å². The second-order valence-corrected chi connectivity index (χ2v) is 8.13. The first-order valence-electron chi connectivity index (χ1n) is 6.26. The predicted octanol–water partition coefficient (Wildman–Crippen LogP) is 1.01. The summed E-state index contributed by atoms with van der Waals surface area (Å²) in [5.74, 6) is 1.22. The van der Waals surface area contributed by atoms with Crippen LogP contribution in [0.5, 0.6) is 0 Å². The number of aliphatic hydroxyl groups is 1. The minimum Gasteiger partial charge on any atom is -0.392 e. The number of anilines is 1. The molecule has 7 nitrogen and oxygen atoms in total. The van der Waals surface area contributed by atoms with Crippen molar-refractivity contribution in [3.05, 3.63) is 33.9 Å². The molecule has 1 heterocycles. The normalized spacial score (nSPS) is 19.5. The highest BCUT2D eigenvalue weighted by Gasteiger charge is 2.32. The summed E-state index contributed by atoms with van der Waals surface area (Å²) in [5.41, 5.74) is 0.786. The van der Waals surface area contributed by atoms with Crippen LogP contribution >= 0.6 is 11.8 Å². The number of benzene rings is 1. The molecule has 1 fully saturated rings. The molecular weight excluding hydrogens is 316 g/mol. The third-order valence-corrected chi connectivity index (χ3v) is 5.98. The molecule has 0 radical (unpaired) electrons. The van der Waals surface area contributed by atoms with E-state index in [1.54, 1.807) is 16.7 Å². The number of aliphatic hydroxyl groups excluding tert-OH is 1. The van der Waals surface area contributed by atoms with Crippen LogP contribution in [0.3, 0.4) is 0 Å². The van der Waals surface area contributed by atoms with E-state index in [0.717, 1.165) is 5.75 Å². The number of non-ortho nitro benzene ring substituents is 1. The summed E-state index contributed by atoms with van der Waals surface area (Å²) in [6.07, 6.45) is 1.18. The fraction of sp³-hybridized carbons (Fsp3) is 0.500. The number of nitro groups is 1. The summed E-state index contributed by atoms with van der Waals surface area (Å²) in [7, 11) is -3.29. The van der Waals surface area contributed by atoms with Gasteiger partial charge in [-0.25, -0.2) is 8.42 Å². The van der Waals surface area contributed by atoms with Crippen molar-refractivity contribution in [1.29, 1.82) is 0 Å². The molecule has 9 heteroatoms. The lowest BCUT2D eigenvalue weighted by Crippen LogP contribution is -2.47. The van der Waals surface area contributed by atoms with E-state index >= 15 is 0 Å². The lowest BCUT2D eigenvalue weighted by molar-refractivity contribution is -0.384. The SMILES string of the molecule is CS(=O)(=O)C1CSCCN1c1ccc([N+](=O)[O-])cc1CO. The standard InChI is InChI=1S/C12H16N2O5S2/c1-21(18,19)12-8-20-5-4-13(12)11-3-2-10(14(16)17)6-9(11)7-15/h2-3,6,12,15H,4-5,7-8H2,1H3. The quantitative estimate of drug-likeness (QED) is 0.648. The van der Waals surface area contributed by atoms with Gasteiger partial charge in [0.25, 0.3) is 5.69 Å². The maximum atomic E-state index is 11.9. The highest BCUT2D eigenvalue weighted by atomic mass is 32.2. The summed E-state index contributed by atoms with van der Waals surface area (Å²) in [5, 5.41) is 19.6. The molecule has 0 saturated carbocycles. The number of sulfone groups is 1. The van der Waals surface area contributed by atoms with E-state index in [0.29, 0.717) is 23.5 Å².